The molecule has 0 bridgehead atoms. The maximum atomic E-state index is 8.94. The first-order valence-electron chi connectivity index (χ1n) is 5.01. The van der Waals surface area contributed by atoms with Crippen LogP contribution in [0.15, 0.2) is 12.3 Å². The molecule has 0 aromatic heterocycles. The van der Waals surface area contributed by atoms with E-state index in [0.717, 1.165) is 25.8 Å². The normalized spacial score (nSPS) is 24.0. The highest BCUT2D eigenvalue weighted by Crippen LogP contribution is 2.09. The highest BCUT2D eigenvalue weighted by Gasteiger charge is 2.12. The van der Waals surface area contributed by atoms with Crippen LogP contribution >= 0.6 is 0 Å². The van der Waals surface area contributed by atoms with Crippen LogP contribution in [0, 0.1) is 0 Å². The first-order chi connectivity index (χ1) is 6.36. The van der Waals surface area contributed by atoms with Gasteiger partial charge in [0.1, 0.15) is 6.10 Å². The molecule has 1 unspecified atom stereocenters. The van der Waals surface area contributed by atoms with Crippen molar-refractivity contribution in [1.29, 1.82) is 0 Å². The summed E-state index contributed by atoms with van der Waals surface area (Å²) in [5.41, 5.74) is 0. The predicted molar refractivity (Wildman–Crippen MR) is 52.4 cm³/mol. The van der Waals surface area contributed by atoms with Crippen LogP contribution in [0.2, 0.25) is 0 Å². The van der Waals surface area contributed by atoms with Gasteiger partial charge >= 0.3 is 0 Å². The molecule has 1 aliphatic heterocycles. The van der Waals surface area contributed by atoms with E-state index in [0.29, 0.717) is 0 Å². The van der Waals surface area contributed by atoms with Crippen molar-refractivity contribution >= 4 is 0 Å². The first-order valence-corrected chi connectivity index (χ1v) is 5.01. The Morgan fingerprint density at radius 1 is 1.69 bits per heavy atom. The summed E-state index contributed by atoms with van der Waals surface area (Å²) in [5.74, 6) is 0. The largest absolute Gasteiger partial charge is 0.497 e. The minimum Gasteiger partial charge on any atom is -0.497 e. The predicted octanol–water partition coefficient (Wildman–Crippen LogP) is 1.04. The van der Waals surface area contributed by atoms with Gasteiger partial charge in [0.2, 0.25) is 0 Å². The fourth-order valence-electron chi connectivity index (χ4n) is 1.37. The summed E-state index contributed by atoms with van der Waals surface area (Å²) in [7, 11) is 0. The summed E-state index contributed by atoms with van der Waals surface area (Å²) in [6.45, 7) is 3.11. The van der Waals surface area contributed by atoms with Crippen molar-refractivity contribution in [1.82, 2.24) is 5.32 Å². The zero-order valence-corrected chi connectivity index (χ0v) is 8.20. The van der Waals surface area contributed by atoms with Gasteiger partial charge in [-0.1, -0.05) is 6.92 Å². The monoisotopic (exact) mass is 185 g/mol. The number of rotatable bonds is 5. The highest BCUT2D eigenvalue weighted by molar-refractivity contribution is 4.83. The molecule has 0 saturated carbocycles. The van der Waals surface area contributed by atoms with Crippen LogP contribution in [-0.4, -0.2) is 30.4 Å². The minimum absolute atomic E-state index is 0.207. The molecular formula is C10H19NO2. The van der Waals surface area contributed by atoms with E-state index in [1.165, 1.54) is 0 Å². The maximum Gasteiger partial charge on any atom is 0.110 e. The Morgan fingerprint density at radius 2 is 2.54 bits per heavy atom. The van der Waals surface area contributed by atoms with Gasteiger partial charge in [0.25, 0.3) is 0 Å². The van der Waals surface area contributed by atoms with E-state index in [9.17, 15) is 0 Å². The zero-order chi connectivity index (χ0) is 9.52. The van der Waals surface area contributed by atoms with Crippen LogP contribution in [0.5, 0.6) is 0 Å². The molecule has 3 heteroatoms. The molecule has 0 aliphatic carbocycles. The third kappa shape index (κ3) is 3.79. The minimum atomic E-state index is 0.207. The molecule has 0 saturated heterocycles. The van der Waals surface area contributed by atoms with E-state index in [1.807, 2.05) is 6.08 Å². The van der Waals surface area contributed by atoms with Gasteiger partial charge < -0.3 is 15.2 Å². The third-order valence-electron chi connectivity index (χ3n) is 2.37. The molecule has 2 N–H and O–H groups in total. The topological polar surface area (TPSA) is 41.5 Å². The second kappa shape index (κ2) is 6.00. The average Bonchev–Trinajstić information content (AvgIpc) is 2.21. The molecule has 0 radical (unpaired) electrons. The first kappa shape index (κ1) is 10.5. The second-order valence-electron chi connectivity index (χ2n) is 3.40. The quantitative estimate of drug-likeness (QED) is 0.672. The van der Waals surface area contributed by atoms with Crippen molar-refractivity contribution in [2.75, 3.05) is 13.2 Å². The smallest absolute Gasteiger partial charge is 0.110 e. The van der Waals surface area contributed by atoms with Gasteiger partial charge in [0.15, 0.2) is 0 Å². The fraction of sp³-hybridized carbons (Fsp3) is 0.800. The summed E-state index contributed by atoms with van der Waals surface area (Å²) in [6.07, 6.45) is 7.23. The Labute approximate surface area is 79.8 Å². The Balaban J connectivity index is 2.13. The van der Waals surface area contributed by atoms with Crippen molar-refractivity contribution in [3.05, 3.63) is 12.3 Å². The van der Waals surface area contributed by atoms with Crippen molar-refractivity contribution in [2.45, 2.75) is 38.3 Å². The van der Waals surface area contributed by atoms with E-state index in [4.69, 9.17) is 9.84 Å². The van der Waals surface area contributed by atoms with E-state index in [-0.39, 0.29) is 18.8 Å². The van der Waals surface area contributed by atoms with E-state index in [2.05, 4.69) is 12.2 Å². The highest BCUT2D eigenvalue weighted by atomic mass is 16.5. The zero-order valence-electron chi connectivity index (χ0n) is 8.20. The van der Waals surface area contributed by atoms with Crippen LogP contribution in [0.3, 0.4) is 0 Å². The lowest BCUT2D eigenvalue weighted by molar-refractivity contribution is 0.114. The molecule has 0 fully saturated rings. The van der Waals surface area contributed by atoms with Crippen molar-refractivity contribution in [2.24, 2.45) is 0 Å². The molecule has 0 aromatic rings. The molecule has 1 heterocycles. The van der Waals surface area contributed by atoms with Gasteiger partial charge in [0, 0.05) is 12.6 Å². The Hall–Kier alpha value is -0.540. The van der Waals surface area contributed by atoms with Crippen molar-refractivity contribution in [3.63, 3.8) is 0 Å². The lowest BCUT2D eigenvalue weighted by Gasteiger charge is -2.22. The Kier molecular flexibility index (Phi) is 4.86. The van der Waals surface area contributed by atoms with E-state index < -0.39 is 0 Å². The van der Waals surface area contributed by atoms with Gasteiger partial charge in [-0.05, 0) is 25.3 Å². The molecule has 3 nitrogen and oxygen atoms in total. The number of aliphatic hydroxyl groups excluding tert-OH is 1. The number of allylic oxidation sites excluding steroid dienone is 1. The molecule has 0 spiro atoms. The van der Waals surface area contributed by atoms with Crippen LogP contribution in [0.1, 0.15) is 26.2 Å². The lowest BCUT2D eigenvalue weighted by Crippen LogP contribution is -2.38. The van der Waals surface area contributed by atoms with Crippen LogP contribution in [0.25, 0.3) is 0 Å². The Bertz CT molecular complexity index is 155. The summed E-state index contributed by atoms with van der Waals surface area (Å²) >= 11 is 0. The van der Waals surface area contributed by atoms with Gasteiger partial charge in [0.05, 0.1) is 12.9 Å². The lowest BCUT2D eigenvalue weighted by atomic mass is 10.1. The number of hydrogen-bond donors (Lipinski definition) is 2. The van der Waals surface area contributed by atoms with Crippen molar-refractivity contribution < 1.29 is 9.84 Å². The van der Waals surface area contributed by atoms with Gasteiger partial charge in [-0.25, -0.2) is 0 Å². The van der Waals surface area contributed by atoms with E-state index >= 15 is 0 Å². The second-order valence-corrected chi connectivity index (χ2v) is 3.40. The average molecular weight is 185 g/mol. The molecule has 2 atom stereocenters. The van der Waals surface area contributed by atoms with Crippen LogP contribution in [-0.2, 0) is 4.74 Å². The number of nitrogens with one attached hydrogen (secondary N) is 1. The molecular weight excluding hydrogens is 166 g/mol. The molecule has 1 rings (SSSR count). The van der Waals surface area contributed by atoms with Crippen molar-refractivity contribution in [3.8, 4) is 0 Å². The fourth-order valence-corrected chi connectivity index (χ4v) is 1.37. The van der Waals surface area contributed by atoms with Gasteiger partial charge in [-0.15, -0.1) is 0 Å². The van der Waals surface area contributed by atoms with E-state index in [1.54, 1.807) is 6.26 Å². The standard InChI is InChI=1S/C10H19NO2/c1-2-9(8-12)11-7-10-5-3-4-6-13-10/h4,6,9-12H,2-3,5,7-8H2,1H3/t9-,10?/m1/s1. The maximum absolute atomic E-state index is 8.94. The summed E-state index contributed by atoms with van der Waals surface area (Å²) < 4.78 is 5.39. The van der Waals surface area contributed by atoms with Gasteiger partial charge in [-0.2, -0.15) is 0 Å². The Morgan fingerprint density at radius 3 is 3.08 bits per heavy atom. The molecule has 13 heavy (non-hydrogen) atoms. The summed E-state index contributed by atoms with van der Waals surface area (Å²) in [5, 5.41) is 12.2. The van der Waals surface area contributed by atoms with Gasteiger partial charge in [-0.3, -0.25) is 0 Å². The number of aliphatic hydroxyl groups is 1. The molecule has 0 amide bonds. The van der Waals surface area contributed by atoms with Crippen LogP contribution in [0.4, 0.5) is 0 Å². The third-order valence-corrected chi connectivity index (χ3v) is 2.37. The summed E-state index contributed by atoms with van der Waals surface area (Å²) in [6, 6.07) is 0.217. The molecule has 0 aromatic carbocycles. The molecule has 76 valence electrons. The molecule has 1 aliphatic rings. The number of hydrogen-bond acceptors (Lipinski definition) is 3. The SMILES string of the molecule is CC[C@H](CO)NCC1CCC=CO1. The number of ether oxygens (including phenoxy) is 1. The van der Waals surface area contributed by atoms with Crippen LogP contribution < -0.4 is 5.32 Å². The summed E-state index contributed by atoms with van der Waals surface area (Å²) in [4.78, 5) is 0.